The van der Waals surface area contributed by atoms with Crippen LogP contribution >= 0.6 is 0 Å². The summed E-state index contributed by atoms with van der Waals surface area (Å²) in [5, 5.41) is 8.87. The van der Waals surface area contributed by atoms with Crippen LogP contribution in [0.4, 0.5) is 0 Å². The number of rotatable bonds is 4. The SMILES string of the molecule is Cc1cccc(CN(C)C(=O)C2CCC(C(=O)O)O2)c1. The smallest absolute Gasteiger partial charge is 0.332 e. The van der Waals surface area contributed by atoms with Crippen molar-refractivity contribution < 1.29 is 19.4 Å². The molecule has 2 unspecified atom stereocenters. The van der Waals surface area contributed by atoms with Gasteiger partial charge in [-0.25, -0.2) is 4.79 Å². The highest BCUT2D eigenvalue weighted by Crippen LogP contribution is 2.22. The molecule has 1 heterocycles. The Morgan fingerprint density at radius 1 is 1.35 bits per heavy atom. The molecule has 1 aromatic carbocycles. The van der Waals surface area contributed by atoms with Crippen molar-refractivity contribution in [2.24, 2.45) is 0 Å². The van der Waals surface area contributed by atoms with Gasteiger partial charge >= 0.3 is 5.97 Å². The van der Waals surface area contributed by atoms with Gasteiger partial charge in [0.1, 0.15) is 6.10 Å². The standard InChI is InChI=1S/C15H19NO4/c1-10-4-3-5-11(8-10)9-16(2)14(17)12-6-7-13(20-12)15(18)19/h3-5,8,12-13H,6-7,9H2,1-2H3,(H,18,19). The summed E-state index contributed by atoms with van der Waals surface area (Å²) < 4.78 is 5.28. The molecule has 0 aromatic heterocycles. The zero-order chi connectivity index (χ0) is 14.7. The monoisotopic (exact) mass is 277 g/mol. The number of carbonyl (C=O) groups is 2. The van der Waals surface area contributed by atoms with E-state index in [4.69, 9.17) is 9.84 Å². The molecule has 1 aliphatic heterocycles. The van der Waals surface area contributed by atoms with Gasteiger partial charge in [0.05, 0.1) is 0 Å². The Bertz CT molecular complexity index is 514. The number of hydrogen-bond donors (Lipinski definition) is 1. The number of likely N-dealkylation sites (N-methyl/N-ethyl adjacent to an activating group) is 1. The minimum Gasteiger partial charge on any atom is -0.479 e. The molecule has 0 radical (unpaired) electrons. The summed E-state index contributed by atoms with van der Waals surface area (Å²) in [5.41, 5.74) is 2.19. The average molecular weight is 277 g/mol. The molecule has 5 nitrogen and oxygen atoms in total. The largest absolute Gasteiger partial charge is 0.479 e. The van der Waals surface area contributed by atoms with Crippen LogP contribution in [0, 0.1) is 6.92 Å². The van der Waals surface area contributed by atoms with Gasteiger partial charge in [0.2, 0.25) is 0 Å². The van der Waals surface area contributed by atoms with E-state index in [-0.39, 0.29) is 5.91 Å². The Hall–Kier alpha value is -1.88. The number of benzene rings is 1. The molecular weight excluding hydrogens is 258 g/mol. The summed E-state index contributed by atoms with van der Waals surface area (Å²) in [4.78, 5) is 24.6. The van der Waals surface area contributed by atoms with Crippen LogP contribution < -0.4 is 0 Å². The highest BCUT2D eigenvalue weighted by molar-refractivity contribution is 5.82. The number of ether oxygens (including phenoxy) is 1. The fraction of sp³-hybridized carbons (Fsp3) is 0.467. The number of carbonyl (C=O) groups excluding carboxylic acids is 1. The van der Waals surface area contributed by atoms with Gasteiger partial charge in [-0.15, -0.1) is 0 Å². The third-order valence-corrected chi connectivity index (χ3v) is 3.45. The number of aliphatic carboxylic acids is 1. The predicted octanol–water partition coefficient (Wildman–Crippen LogP) is 1.59. The Balaban J connectivity index is 1.94. The van der Waals surface area contributed by atoms with E-state index in [0.29, 0.717) is 19.4 Å². The first-order valence-corrected chi connectivity index (χ1v) is 6.66. The van der Waals surface area contributed by atoms with E-state index in [1.165, 1.54) is 0 Å². The lowest BCUT2D eigenvalue weighted by molar-refractivity contribution is -0.154. The average Bonchev–Trinajstić information content (AvgIpc) is 2.87. The Labute approximate surface area is 118 Å². The lowest BCUT2D eigenvalue weighted by Crippen LogP contribution is -2.36. The van der Waals surface area contributed by atoms with Gasteiger partial charge in [-0.05, 0) is 25.3 Å². The lowest BCUT2D eigenvalue weighted by atomic mass is 10.1. The number of carboxylic acids is 1. The molecule has 1 amide bonds. The molecule has 0 aliphatic carbocycles. The van der Waals surface area contributed by atoms with Crippen molar-refractivity contribution in [3.8, 4) is 0 Å². The minimum atomic E-state index is -0.998. The number of nitrogens with zero attached hydrogens (tertiary/aromatic N) is 1. The van der Waals surface area contributed by atoms with Crippen molar-refractivity contribution in [1.82, 2.24) is 4.90 Å². The molecule has 1 aromatic rings. The van der Waals surface area contributed by atoms with E-state index in [9.17, 15) is 9.59 Å². The van der Waals surface area contributed by atoms with E-state index >= 15 is 0 Å². The third kappa shape index (κ3) is 3.36. The molecule has 20 heavy (non-hydrogen) atoms. The topological polar surface area (TPSA) is 66.8 Å². The number of carboxylic acid groups (broad SMARTS) is 1. The maximum absolute atomic E-state index is 12.2. The minimum absolute atomic E-state index is 0.157. The molecule has 1 fully saturated rings. The zero-order valence-electron chi connectivity index (χ0n) is 11.7. The third-order valence-electron chi connectivity index (χ3n) is 3.45. The molecular formula is C15H19NO4. The van der Waals surface area contributed by atoms with E-state index in [1.54, 1.807) is 11.9 Å². The molecule has 0 bridgehead atoms. The normalized spacial score (nSPS) is 21.7. The van der Waals surface area contributed by atoms with Gasteiger partial charge in [-0.1, -0.05) is 29.8 Å². The quantitative estimate of drug-likeness (QED) is 0.907. The highest BCUT2D eigenvalue weighted by Gasteiger charge is 2.35. The van der Waals surface area contributed by atoms with Gasteiger partial charge in [-0.2, -0.15) is 0 Å². The molecule has 1 saturated heterocycles. The maximum atomic E-state index is 12.2. The van der Waals surface area contributed by atoms with E-state index in [1.807, 2.05) is 31.2 Å². The first-order valence-electron chi connectivity index (χ1n) is 6.66. The molecule has 0 spiro atoms. The van der Waals surface area contributed by atoms with Crippen LogP contribution in [-0.4, -0.2) is 41.1 Å². The molecule has 0 saturated carbocycles. The van der Waals surface area contributed by atoms with Crippen molar-refractivity contribution in [3.63, 3.8) is 0 Å². The number of hydrogen-bond acceptors (Lipinski definition) is 3. The second-order valence-electron chi connectivity index (χ2n) is 5.21. The second kappa shape index (κ2) is 6.05. The van der Waals surface area contributed by atoms with Crippen LogP contribution in [0.25, 0.3) is 0 Å². The lowest BCUT2D eigenvalue weighted by Gasteiger charge is -2.21. The van der Waals surface area contributed by atoms with Crippen molar-refractivity contribution >= 4 is 11.9 Å². The first kappa shape index (κ1) is 14.5. The molecule has 108 valence electrons. The van der Waals surface area contributed by atoms with Crippen LogP contribution in [0.2, 0.25) is 0 Å². The van der Waals surface area contributed by atoms with Crippen LogP contribution in [0.15, 0.2) is 24.3 Å². The molecule has 1 N–H and O–H groups in total. The van der Waals surface area contributed by atoms with Crippen LogP contribution in [-0.2, 0) is 20.9 Å². The summed E-state index contributed by atoms with van der Waals surface area (Å²) in [6.45, 7) is 2.50. The molecule has 5 heteroatoms. The first-order chi connectivity index (χ1) is 9.47. The van der Waals surface area contributed by atoms with E-state index in [0.717, 1.165) is 11.1 Å². The fourth-order valence-corrected chi connectivity index (χ4v) is 2.41. The summed E-state index contributed by atoms with van der Waals surface area (Å²) in [6, 6.07) is 7.95. The van der Waals surface area contributed by atoms with Gasteiger partial charge in [0, 0.05) is 13.6 Å². The summed E-state index contributed by atoms with van der Waals surface area (Å²) >= 11 is 0. The van der Waals surface area contributed by atoms with Crippen LogP contribution in [0.5, 0.6) is 0 Å². The van der Waals surface area contributed by atoms with Crippen LogP contribution in [0.1, 0.15) is 24.0 Å². The number of amides is 1. The Morgan fingerprint density at radius 2 is 2.05 bits per heavy atom. The van der Waals surface area contributed by atoms with E-state index in [2.05, 4.69) is 0 Å². The molecule has 1 aliphatic rings. The Morgan fingerprint density at radius 3 is 2.65 bits per heavy atom. The summed E-state index contributed by atoms with van der Waals surface area (Å²) in [7, 11) is 1.71. The maximum Gasteiger partial charge on any atom is 0.332 e. The number of aryl methyl sites for hydroxylation is 1. The van der Waals surface area contributed by atoms with Gasteiger partial charge in [0.25, 0.3) is 5.91 Å². The highest BCUT2D eigenvalue weighted by atomic mass is 16.5. The van der Waals surface area contributed by atoms with Crippen LogP contribution in [0.3, 0.4) is 0 Å². The molecule has 2 atom stereocenters. The fourth-order valence-electron chi connectivity index (χ4n) is 2.41. The van der Waals surface area contributed by atoms with Crippen molar-refractivity contribution in [2.75, 3.05) is 7.05 Å². The van der Waals surface area contributed by atoms with Gasteiger partial charge in [-0.3, -0.25) is 4.79 Å². The predicted molar refractivity (Wildman–Crippen MR) is 73.2 cm³/mol. The summed E-state index contributed by atoms with van der Waals surface area (Å²) in [5.74, 6) is -1.16. The van der Waals surface area contributed by atoms with Gasteiger partial charge < -0.3 is 14.7 Å². The Kier molecular flexibility index (Phi) is 4.39. The van der Waals surface area contributed by atoms with Crippen molar-refractivity contribution in [2.45, 2.75) is 38.5 Å². The second-order valence-corrected chi connectivity index (χ2v) is 5.21. The molecule has 2 rings (SSSR count). The zero-order valence-corrected chi connectivity index (χ0v) is 11.7. The van der Waals surface area contributed by atoms with Crippen molar-refractivity contribution in [3.05, 3.63) is 35.4 Å². The van der Waals surface area contributed by atoms with E-state index < -0.39 is 18.2 Å². The van der Waals surface area contributed by atoms with Gasteiger partial charge in [0.15, 0.2) is 6.10 Å². The van der Waals surface area contributed by atoms with Crippen molar-refractivity contribution in [1.29, 1.82) is 0 Å². The summed E-state index contributed by atoms with van der Waals surface area (Å²) in [6.07, 6.45) is -0.625.